The molecular formula is C9H11ClS. The van der Waals surface area contributed by atoms with Gasteiger partial charge in [0.1, 0.15) is 0 Å². The molecule has 0 aliphatic carbocycles. The molecule has 0 aromatic heterocycles. The first kappa shape index (κ1) is 8.95. The van der Waals surface area contributed by atoms with Gasteiger partial charge in [0.05, 0.1) is 5.21 Å². The summed E-state index contributed by atoms with van der Waals surface area (Å²) in [5.74, 6) is 1.02. The lowest BCUT2D eigenvalue weighted by Gasteiger charge is -1.98. The van der Waals surface area contributed by atoms with E-state index in [9.17, 15) is 0 Å². The Labute approximate surface area is 77.0 Å². The molecule has 0 spiro atoms. The lowest BCUT2D eigenvalue weighted by molar-refractivity contribution is 1.37. The summed E-state index contributed by atoms with van der Waals surface area (Å²) in [6.07, 6.45) is 0. The molecule has 0 nitrogen and oxygen atoms in total. The van der Waals surface area contributed by atoms with Crippen LogP contribution in [0.25, 0.3) is 0 Å². The maximum atomic E-state index is 5.55. The van der Waals surface area contributed by atoms with Crippen LogP contribution in [0.1, 0.15) is 11.1 Å². The highest BCUT2D eigenvalue weighted by atomic mass is 35.5. The maximum absolute atomic E-state index is 5.55. The predicted molar refractivity (Wildman–Crippen MR) is 53.2 cm³/mol. The highest BCUT2D eigenvalue weighted by molar-refractivity contribution is 7.99. The number of thioether (sulfide) groups is 1. The molecule has 0 aliphatic heterocycles. The van der Waals surface area contributed by atoms with Crippen molar-refractivity contribution < 1.29 is 0 Å². The molecule has 0 N–H and O–H groups in total. The van der Waals surface area contributed by atoms with Crippen molar-refractivity contribution in [2.45, 2.75) is 12.7 Å². The van der Waals surface area contributed by atoms with E-state index in [-0.39, 0.29) is 0 Å². The van der Waals surface area contributed by atoms with Gasteiger partial charge < -0.3 is 0 Å². The third-order valence-electron chi connectivity index (χ3n) is 1.47. The Hall–Kier alpha value is -0.140. The zero-order chi connectivity index (χ0) is 8.10. The molecule has 0 atom stereocenters. The van der Waals surface area contributed by atoms with Gasteiger partial charge in [0.25, 0.3) is 0 Å². The van der Waals surface area contributed by atoms with Crippen LogP contribution < -0.4 is 0 Å². The molecular weight excluding hydrogens is 176 g/mol. The van der Waals surface area contributed by atoms with Gasteiger partial charge in [-0.25, -0.2) is 0 Å². The summed E-state index contributed by atoms with van der Waals surface area (Å²) < 4.78 is 0. The Balaban J connectivity index is 2.52. The van der Waals surface area contributed by atoms with Crippen LogP contribution in [0.4, 0.5) is 0 Å². The monoisotopic (exact) mass is 186 g/mol. The Morgan fingerprint density at radius 1 is 1.27 bits per heavy atom. The summed E-state index contributed by atoms with van der Waals surface area (Å²) in [5.41, 5.74) is 2.66. The zero-order valence-corrected chi connectivity index (χ0v) is 8.08. The van der Waals surface area contributed by atoms with Gasteiger partial charge in [0.2, 0.25) is 0 Å². The standard InChI is InChI=1S/C9H11ClS/c1-8-2-4-9(5-3-8)6-11-7-10/h2-5H,6-7H2,1H3. The third kappa shape index (κ3) is 3.17. The molecule has 0 amide bonds. The molecule has 0 saturated heterocycles. The minimum absolute atomic E-state index is 0.674. The molecule has 0 saturated carbocycles. The Morgan fingerprint density at radius 2 is 1.91 bits per heavy atom. The molecule has 2 heteroatoms. The molecule has 1 rings (SSSR count). The fourth-order valence-electron chi connectivity index (χ4n) is 0.841. The highest BCUT2D eigenvalue weighted by Crippen LogP contribution is 2.13. The number of alkyl halides is 1. The van der Waals surface area contributed by atoms with Gasteiger partial charge >= 0.3 is 0 Å². The Kier molecular flexibility index (Phi) is 3.81. The normalized spacial score (nSPS) is 10.0. The third-order valence-corrected chi connectivity index (χ3v) is 2.62. The lowest BCUT2D eigenvalue weighted by atomic mass is 10.2. The van der Waals surface area contributed by atoms with Crippen LogP contribution in [0, 0.1) is 6.92 Å². The first-order valence-electron chi connectivity index (χ1n) is 3.52. The smallest absolute Gasteiger partial charge is 0.0683 e. The average Bonchev–Trinajstić information content (AvgIpc) is 2.04. The van der Waals surface area contributed by atoms with Crippen molar-refractivity contribution in [1.82, 2.24) is 0 Å². The van der Waals surface area contributed by atoms with E-state index in [4.69, 9.17) is 11.6 Å². The molecule has 1 aromatic carbocycles. The number of rotatable bonds is 3. The van der Waals surface area contributed by atoms with Gasteiger partial charge in [-0.3, -0.25) is 0 Å². The van der Waals surface area contributed by atoms with Crippen LogP contribution in [0.2, 0.25) is 0 Å². The summed E-state index contributed by atoms with van der Waals surface area (Å²) in [6.45, 7) is 2.10. The molecule has 0 fully saturated rings. The first-order valence-corrected chi connectivity index (χ1v) is 5.21. The van der Waals surface area contributed by atoms with E-state index in [1.807, 2.05) is 0 Å². The summed E-state index contributed by atoms with van der Waals surface area (Å²) in [5, 5.41) is 0.674. The molecule has 60 valence electrons. The molecule has 11 heavy (non-hydrogen) atoms. The average molecular weight is 187 g/mol. The largest absolute Gasteiger partial charge is 0.141 e. The van der Waals surface area contributed by atoms with E-state index in [2.05, 4.69) is 31.2 Å². The van der Waals surface area contributed by atoms with Crippen molar-refractivity contribution in [3.63, 3.8) is 0 Å². The van der Waals surface area contributed by atoms with Crippen molar-refractivity contribution in [2.75, 3.05) is 5.21 Å². The number of hydrogen-bond donors (Lipinski definition) is 0. The van der Waals surface area contributed by atoms with E-state index in [0.29, 0.717) is 5.21 Å². The van der Waals surface area contributed by atoms with Crippen LogP contribution in [-0.4, -0.2) is 5.21 Å². The van der Waals surface area contributed by atoms with Gasteiger partial charge in [-0.2, -0.15) is 0 Å². The van der Waals surface area contributed by atoms with Crippen LogP contribution in [-0.2, 0) is 5.75 Å². The number of hydrogen-bond acceptors (Lipinski definition) is 1. The van der Waals surface area contributed by atoms with E-state index in [1.54, 1.807) is 11.8 Å². The highest BCUT2D eigenvalue weighted by Gasteiger charge is 1.90. The van der Waals surface area contributed by atoms with Crippen LogP contribution in [0.15, 0.2) is 24.3 Å². The second kappa shape index (κ2) is 4.68. The van der Waals surface area contributed by atoms with Gasteiger partial charge in [0.15, 0.2) is 0 Å². The van der Waals surface area contributed by atoms with Crippen molar-refractivity contribution in [3.05, 3.63) is 35.4 Å². The molecule has 0 radical (unpaired) electrons. The summed E-state index contributed by atoms with van der Waals surface area (Å²) in [7, 11) is 0. The van der Waals surface area contributed by atoms with E-state index < -0.39 is 0 Å². The Bertz CT molecular complexity index is 205. The van der Waals surface area contributed by atoms with Gasteiger partial charge in [0, 0.05) is 5.75 Å². The number of aryl methyl sites for hydroxylation is 1. The second-order valence-corrected chi connectivity index (χ2v) is 4.01. The fraction of sp³-hybridized carbons (Fsp3) is 0.333. The molecule has 1 aromatic rings. The minimum Gasteiger partial charge on any atom is -0.141 e. The van der Waals surface area contributed by atoms with Gasteiger partial charge in [-0.15, -0.1) is 23.4 Å². The van der Waals surface area contributed by atoms with Crippen LogP contribution in [0.3, 0.4) is 0 Å². The van der Waals surface area contributed by atoms with Crippen LogP contribution in [0.5, 0.6) is 0 Å². The molecule has 0 unspecified atom stereocenters. The quantitative estimate of drug-likeness (QED) is 0.652. The van der Waals surface area contributed by atoms with Gasteiger partial charge in [-0.1, -0.05) is 29.8 Å². The first-order chi connectivity index (χ1) is 5.33. The molecule has 0 heterocycles. The minimum atomic E-state index is 0.674. The van der Waals surface area contributed by atoms with Gasteiger partial charge in [-0.05, 0) is 12.5 Å². The van der Waals surface area contributed by atoms with E-state index in [1.165, 1.54) is 11.1 Å². The fourth-order valence-corrected chi connectivity index (χ4v) is 1.58. The topological polar surface area (TPSA) is 0 Å². The van der Waals surface area contributed by atoms with E-state index >= 15 is 0 Å². The van der Waals surface area contributed by atoms with E-state index in [0.717, 1.165) is 5.75 Å². The summed E-state index contributed by atoms with van der Waals surface area (Å²) in [6, 6.07) is 8.55. The Morgan fingerprint density at radius 3 is 2.45 bits per heavy atom. The molecule has 0 aliphatic rings. The lowest BCUT2D eigenvalue weighted by Crippen LogP contribution is -1.79. The zero-order valence-electron chi connectivity index (χ0n) is 6.51. The van der Waals surface area contributed by atoms with Crippen molar-refractivity contribution >= 4 is 23.4 Å². The van der Waals surface area contributed by atoms with Crippen LogP contribution >= 0.6 is 23.4 Å². The molecule has 0 bridgehead atoms. The number of halogens is 1. The van der Waals surface area contributed by atoms with Crippen molar-refractivity contribution in [3.8, 4) is 0 Å². The number of benzene rings is 1. The van der Waals surface area contributed by atoms with Crippen molar-refractivity contribution in [2.24, 2.45) is 0 Å². The maximum Gasteiger partial charge on any atom is 0.0683 e. The SMILES string of the molecule is Cc1ccc(CSCCl)cc1. The second-order valence-electron chi connectivity index (χ2n) is 2.44. The summed E-state index contributed by atoms with van der Waals surface area (Å²) in [4.78, 5) is 0. The summed E-state index contributed by atoms with van der Waals surface area (Å²) >= 11 is 7.28. The van der Waals surface area contributed by atoms with Crippen molar-refractivity contribution in [1.29, 1.82) is 0 Å². The predicted octanol–water partition coefficient (Wildman–Crippen LogP) is 3.42.